The van der Waals surface area contributed by atoms with Crippen LogP contribution in [-0.4, -0.2) is 28.9 Å². The first-order valence-corrected chi connectivity index (χ1v) is 5.10. The number of hydrogen-bond donors (Lipinski definition) is 1. The molecular weight excluding hydrogens is 220 g/mol. The Balaban J connectivity index is 2.60. The first kappa shape index (κ1) is 11.3. The van der Waals surface area contributed by atoms with Gasteiger partial charge in [0.2, 0.25) is 5.75 Å². The van der Waals surface area contributed by atoms with Crippen molar-refractivity contribution in [2.45, 2.75) is 0 Å². The summed E-state index contributed by atoms with van der Waals surface area (Å²) in [7, 11) is 4.89. The lowest BCUT2D eigenvalue weighted by Crippen LogP contribution is -1.94. The van der Waals surface area contributed by atoms with Crippen LogP contribution in [0.5, 0.6) is 17.2 Å². The van der Waals surface area contributed by atoms with Crippen molar-refractivity contribution >= 4 is 0 Å². The highest BCUT2D eigenvalue weighted by Crippen LogP contribution is 2.39. The maximum atomic E-state index is 9.80. The number of aromatic hydroxyl groups is 1. The van der Waals surface area contributed by atoms with E-state index in [4.69, 9.17) is 9.47 Å². The van der Waals surface area contributed by atoms with Gasteiger partial charge in [0.05, 0.1) is 14.2 Å². The van der Waals surface area contributed by atoms with Gasteiger partial charge in [-0.2, -0.15) is 0 Å². The molecule has 0 saturated carbocycles. The summed E-state index contributed by atoms with van der Waals surface area (Å²) in [6, 6.07) is 3.44. The van der Waals surface area contributed by atoms with Crippen LogP contribution >= 0.6 is 0 Å². The molecule has 90 valence electrons. The van der Waals surface area contributed by atoms with Crippen molar-refractivity contribution in [3.8, 4) is 28.6 Å². The van der Waals surface area contributed by atoms with Crippen molar-refractivity contribution in [1.82, 2.24) is 9.55 Å². The van der Waals surface area contributed by atoms with Gasteiger partial charge in [-0.15, -0.1) is 0 Å². The molecule has 2 rings (SSSR count). The van der Waals surface area contributed by atoms with Crippen molar-refractivity contribution in [3.63, 3.8) is 0 Å². The molecule has 0 aliphatic heterocycles. The summed E-state index contributed by atoms with van der Waals surface area (Å²) in [5, 5.41) is 9.80. The standard InChI is InChI=1S/C12H14N2O3/c1-14-5-4-13-12(14)8-6-9(16-2)11(15)10(7-8)17-3/h4-7,15H,1-3H3. The van der Waals surface area contributed by atoms with Crippen molar-refractivity contribution < 1.29 is 14.6 Å². The lowest BCUT2D eigenvalue weighted by Gasteiger charge is -2.11. The number of ether oxygens (including phenoxy) is 2. The Labute approximate surface area is 99.2 Å². The molecule has 1 N–H and O–H groups in total. The Kier molecular flexibility index (Phi) is 2.91. The molecule has 0 saturated heterocycles. The maximum absolute atomic E-state index is 9.80. The molecule has 0 amide bonds. The van der Waals surface area contributed by atoms with Crippen LogP contribution in [-0.2, 0) is 7.05 Å². The van der Waals surface area contributed by atoms with E-state index >= 15 is 0 Å². The van der Waals surface area contributed by atoms with Crippen molar-refractivity contribution in [2.24, 2.45) is 7.05 Å². The SMILES string of the molecule is COc1cc(-c2nccn2C)cc(OC)c1O. The largest absolute Gasteiger partial charge is 0.502 e. The Hall–Kier alpha value is -2.17. The highest BCUT2D eigenvalue weighted by atomic mass is 16.5. The predicted octanol–water partition coefficient (Wildman–Crippen LogP) is 1.81. The number of nitrogens with zero attached hydrogens (tertiary/aromatic N) is 2. The summed E-state index contributed by atoms with van der Waals surface area (Å²) in [6.45, 7) is 0. The third-order valence-electron chi connectivity index (χ3n) is 2.56. The van der Waals surface area contributed by atoms with Gasteiger partial charge in [0.15, 0.2) is 11.5 Å². The number of hydrogen-bond acceptors (Lipinski definition) is 4. The van der Waals surface area contributed by atoms with E-state index in [1.165, 1.54) is 14.2 Å². The van der Waals surface area contributed by atoms with Gasteiger partial charge >= 0.3 is 0 Å². The first-order valence-electron chi connectivity index (χ1n) is 5.10. The molecule has 0 unspecified atom stereocenters. The van der Waals surface area contributed by atoms with Gasteiger partial charge in [0.1, 0.15) is 5.82 Å². The number of benzene rings is 1. The van der Waals surface area contributed by atoms with E-state index in [-0.39, 0.29) is 5.75 Å². The second-order valence-electron chi connectivity index (χ2n) is 3.59. The van der Waals surface area contributed by atoms with Gasteiger partial charge in [0, 0.05) is 25.0 Å². The van der Waals surface area contributed by atoms with Gasteiger partial charge < -0.3 is 19.1 Å². The lowest BCUT2D eigenvalue weighted by atomic mass is 10.1. The zero-order chi connectivity index (χ0) is 12.4. The van der Waals surface area contributed by atoms with Crippen LogP contribution in [0.15, 0.2) is 24.5 Å². The van der Waals surface area contributed by atoms with Crippen LogP contribution in [0.4, 0.5) is 0 Å². The number of rotatable bonds is 3. The summed E-state index contributed by atoms with van der Waals surface area (Å²) in [6.07, 6.45) is 3.56. The fraction of sp³-hybridized carbons (Fsp3) is 0.250. The lowest BCUT2D eigenvalue weighted by molar-refractivity contribution is 0.340. The molecule has 0 spiro atoms. The quantitative estimate of drug-likeness (QED) is 0.880. The summed E-state index contributed by atoms with van der Waals surface area (Å²) in [5.74, 6) is 1.50. The van der Waals surface area contributed by atoms with E-state index in [0.717, 1.165) is 11.4 Å². The second kappa shape index (κ2) is 4.37. The molecule has 1 aromatic carbocycles. The fourth-order valence-corrected chi connectivity index (χ4v) is 1.67. The minimum absolute atomic E-state index is 0.00652. The molecule has 0 radical (unpaired) electrons. The van der Waals surface area contributed by atoms with Gasteiger partial charge in [-0.3, -0.25) is 0 Å². The van der Waals surface area contributed by atoms with E-state index in [0.29, 0.717) is 11.5 Å². The molecule has 0 bridgehead atoms. The zero-order valence-electron chi connectivity index (χ0n) is 9.97. The Morgan fingerprint density at radius 2 is 1.76 bits per heavy atom. The summed E-state index contributed by atoms with van der Waals surface area (Å²) >= 11 is 0. The highest BCUT2D eigenvalue weighted by molar-refractivity contribution is 5.66. The van der Waals surface area contributed by atoms with E-state index in [1.807, 2.05) is 17.8 Å². The van der Waals surface area contributed by atoms with Crippen LogP contribution < -0.4 is 9.47 Å². The van der Waals surface area contributed by atoms with Gasteiger partial charge in [-0.25, -0.2) is 4.98 Å². The number of aryl methyl sites for hydroxylation is 1. The Morgan fingerprint density at radius 3 is 2.18 bits per heavy atom. The van der Waals surface area contributed by atoms with Gasteiger partial charge in [-0.1, -0.05) is 0 Å². The molecule has 1 heterocycles. The molecule has 0 aliphatic carbocycles. The molecule has 1 aromatic heterocycles. The van der Waals surface area contributed by atoms with E-state index in [1.54, 1.807) is 18.3 Å². The van der Waals surface area contributed by atoms with Gasteiger partial charge in [0.25, 0.3) is 0 Å². The fourth-order valence-electron chi connectivity index (χ4n) is 1.67. The Morgan fingerprint density at radius 1 is 1.18 bits per heavy atom. The average Bonchev–Trinajstić information content (AvgIpc) is 2.76. The molecule has 2 aromatic rings. The maximum Gasteiger partial charge on any atom is 0.200 e. The normalized spacial score (nSPS) is 10.3. The van der Waals surface area contributed by atoms with Crippen molar-refractivity contribution in [1.29, 1.82) is 0 Å². The van der Waals surface area contributed by atoms with E-state index in [2.05, 4.69) is 4.98 Å². The monoisotopic (exact) mass is 234 g/mol. The summed E-state index contributed by atoms with van der Waals surface area (Å²) in [4.78, 5) is 4.24. The molecule has 17 heavy (non-hydrogen) atoms. The van der Waals surface area contributed by atoms with Crippen LogP contribution in [0.25, 0.3) is 11.4 Å². The number of imidazole rings is 1. The number of aromatic nitrogens is 2. The second-order valence-corrected chi connectivity index (χ2v) is 3.59. The van der Waals surface area contributed by atoms with Gasteiger partial charge in [-0.05, 0) is 12.1 Å². The minimum atomic E-state index is -0.00652. The summed E-state index contributed by atoms with van der Waals surface area (Å²) < 4.78 is 12.1. The molecule has 0 fully saturated rings. The molecule has 5 heteroatoms. The molecule has 0 atom stereocenters. The van der Waals surface area contributed by atoms with E-state index in [9.17, 15) is 5.11 Å². The third-order valence-corrected chi connectivity index (χ3v) is 2.56. The van der Waals surface area contributed by atoms with Crippen molar-refractivity contribution in [3.05, 3.63) is 24.5 Å². The predicted molar refractivity (Wildman–Crippen MR) is 63.4 cm³/mol. The topological polar surface area (TPSA) is 56.5 Å². The summed E-state index contributed by atoms with van der Waals surface area (Å²) in [5.41, 5.74) is 0.823. The van der Waals surface area contributed by atoms with Crippen molar-refractivity contribution in [2.75, 3.05) is 14.2 Å². The van der Waals surface area contributed by atoms with Crippen LogP contribution in [0, 0.1) is 0 Å². The molecule has 5 nitrogen and oxygen atoms in total. The average molecular weight is 234 g/mol. The number of phenolic OH excluding ortho intramolecular Hbond substituents is 1. The van der Waals surface area contributed by atoms with Crippen LogP contribution in [0.2, 0.25) is 0 Å². The third kappa shape index (κ3) is 1.91. The number of methoxy groups -OCH3 is 2. The van der Waals surface area contributed by atoms with Crippen LogP contribution in [0.3, 0.4) is 0 Å². The zero-order valence-corrected chi connectivity index (χ0v) is 9.97. The first-order chi connectivity index (χ1) is 8.17. The molecule has 0 aliphatic rings. The smallest absolute Gasteiger partial charge is 0.200 e. The van der Waals surface area contributed by atoms with E-state index < -0.39 is 0 Å². The Bertz CT molecular complexity index is 509. The minimum Gasteiger partial charge on any atom is -0.502 e. The number of phenols is 1. The van der Waals surface area contributed by atoms with Crippen LogP contribution in [0.1, 0.15) is 0 Å². The molecular formula is C12H14N2O3. The highest BCUT2D eigenvalue weighted by Gasteiger charge is 2.14.